The molecule has 5 aliphatic heterocycles. The molecule has 5 heterocycles. The topological polar surface area (TPSA) is 98.1 Å². The molecule has 0 aromatic carbocycles. The first-order valence-corrected chi connectivity index (χ1v) is 20.6. The zero-order valence-corrected chi connectivity index (χ0v) is 32.5. The first-order valence-electron chi connectivity index (χ1n) is 20.6. The summed E-state index contributed by atoms with van der Waals surface area (Å²) in [5, 5.41) is 7.66. The Morgan fingerprint density at radius 3 is 2.27 bits per heavy atom. The maximum absolute atomic E-state index is 14.0. The summed E-state index contributed by atoms with van der Waals surface area (Å²) < 4.78 is 27.1. The molecule has 9 nitrogen and oxygen atoms in total. The second-order valence-corrected chi connectivity index (χ2v) is 15.7. The van der Waals surface area contributed by atoms with Crippen LogP contribution in [0.1, 0.15) is 162 Å². The first-order chi connectivity index (χ1) is 24.4. The monoisotopic (exact) mass is 733 g/mol. The lowest BCUT2D eigenvalue weighted by Crippen LogP contribution is -3.00. The number of esters is 2. The van der Waals surface area contributed by atoms with Gasteiger partial charge in [0.15, 0.2) is 11.6 Å². The van der Waals surface area contributed by atoms with Crippen LogP contribution in [-0.4, -0.2) is 71.4 Å². The lowest BCUT2D eigenvalue weighted by Gasteiger charge is -2.50. The molecule has 0 radical (unpaired) electrons. The Bertz CT molecular complexity index is 1180. The van der Waals surface area contributed by atoms with Crippen molar-refractivity contribution >= 4 is 17.9 Å². The highest BCUT2D eigenvalue weighted by Crippen LogP contribution is 2.45. The van der Waals surface area contributed by atoms with E-state index in [1.54, 1.807) is 6.08 Å². The number of nitrogens with zero attached hydrogens (tertiary/aromatic N) is 1. The number of allylic oxidation sites excluding steroid dienone is 1. The van der Waals surface area contributed by atoms with Gasteiger partial charge in [-0.25, -0.2) is 10.6 Å². The van der Waals surface area contributed by atoms with Crippen LogP contribution in [-0.2, 0) is 28.5 Å². The fourth-order valence-corrected chi connectivity index (χ4v) is 9.20. The second kappa shape index (κ2) is 21.0. The Morgan fingerprint density at radius 1 is 0.922 bits per heavy atom. The number of hydrogen-bond donors (Lipinski definition) is 2. The van der Waals surface area contributed by atoms with Gasteiger partial charge in [0.05, 0.1) is 30.9 Å². The zero-order chi connectivity index (χ0) is 35.2. The number of guanidine groups is 1. The van der Waals surface area contributed by atoms with Crippen molar-refractivity contribution in [2.24, 2.45) is 5.92 Å². The van der Waals surface area contributed by atoms with E-state index in [2.05, 4.69) is 47.8 Å². The summed E-state index contributed by atoms with van der Waals surface area (Å²) >= 11 is 0. The van der Waals surface area contributed by atoms with Gasteiger partial charge in [0.25, 0.3) is 0 Å². The van der Waals surface area contributed by atoms with Gasteiger partial charge in [-0.3, -0.25) is 14.2 Å². The minimum absolute atomic E-state index is 0. The number of carbonyl (C=O) groups excluding carboxylic acids is 2. The van der Waals surface area contributed by atoms with Crippen LogP contribution in [0.15, 0.2) is 24.8 Å². The molecule has 0 aromatic rings. The molecule has 5 rings (SSSR count). The third-order valence-corrected chi connectivity index (χ3v) is 11.7. The standard InChI is InChI=1S/C41H67N3O6.ClH/c1-4-29-47-36(45)24-17-15-13-11-9-7-6-8-10-12-14-16-20-30-48-38(46)37-35-26-25-33-31-40(27-19-18-23-34(5-2)50-40)42-39(44(33)35)43-41(37)28-21-22-32(3)49-41;/h4,18,23,32-35,37H,1,5-17,19-22,24-31H2,2-3H3,(H,42,43);1H/t32-,33+,34+,35-,37+,40+,41-;/m1./s1. The number of unbranched alkanes of at least 4 members (excludes halogenated alkanes) is 12. The molecule has 0 aromatic heterocycles. The van der Waals surface area contributed by atoms with E-state index in [1.807, 2.05) is 0 Å². The summed E-state index contributed by atoms with van der Waals surface area (Å²) in [6.07, 6.45) is 31.0. The van der Waals surface area contributed by atoms with E-state index in [0.29, 0.717) is 25.7 Å². The summed E-state index contributed by atoms with van der Waals surface area (Å²) in [5.74, 6) is 0.445. The average molecular weight is 734 g/mol. The smallest absolute Gasteiger partial charge is 0.350 e. The van der Waals surface area contributed by atoms with E-state index in [0.717, 1.165) is 89.4 Å². The molecule has 0 amide bonds. The molecule has 0 aliphatic carbocycles. The minimum Gasteiger partial charge on any atom is -1.00 e. The highest BCUT2D eigenvalue weighted by atomic mass is 35.5. The number of nitrogens with one attached hydrogen (secondary N) is 2. The number of hydrogen-bond acceptors (Lipinski definition) is 8. The highest BCUT2D eigenvalue weighted by molar-refractivity contribution is 5.82. The average Bonchev–Trinajstić information content (AvgIpc) is 3.40. The molecule has 290 valence electrons. The van der Waals surface area contributed by atoms with Crippen LogP contribution < -0.4 is 23.0 Å². The van der Waals surface area contributed by atoms with Crippen LogP contribution in [0.25, 0.3) is 0 Å². The third kappa shape index (κ3) is 11.4. The maximum atomic E-state index is 14.0. The van der Waals surface area contributed by atoms with Gasteiger partial charge in [-0.1, -0.05) is 102 Å². The Labute approximate surface area is 314 Å². The Morgan fingerprint density at radius 2 is 1.61 bits per heavy atom. The van der Waals surface area contributed by atoms with Gasteiger partial charge in [-0.2, -0.15) is 0 Å². The lowest BCUT2D eigenvalue weighted by molar-refractivity contribution is -0.609. The number of halogens is 1. The number of carbonyl (C=O) groups is 2. The van der Waals surface area contributed by atoms with Crippen molar-refractivity contribution in [2.45, 2.75) is 197 Å². The maximum Gasteiger partial charge on any atom is 0.350 e. The number of ether oxygens (including phenoxy) is 4. The van der Waals surface area contributed by atoms with E-state index < -0.39 is 11.4 Å². The van der Waals surface area contributed by atoms with Crippen LogP contribution in [0.3, 0.4) is 0 Å². The minimum atomic E-state index is -0.750. The predicted octanol–water partition coefficient (Wildman–Crippen LogP) is 4.96. The summed E-state index contributed by atoms with van der Waals surface area (Å²) in [4.78, 5) is 25.5. The largest absolute Gasteiger partial charge is 1.00 e. The Hall–Kier alpha value is -2.10. The van der Waals surface area contributed by atoms with Gasteiger partial charge in [0.2, 0.25) is 5.72 Å². The zero-order valence-electron chi connectivity index (χ0n) is 31.8. The van der Waals surface area contributed by atoms with E-state index in [-0.39, 0.29) is 48.5 Å². The number of rotatable bonds is 20. The predicted molar refractivity (Wildman–Crippen MR) is 197 cm³/mol. The molecule has 2 N–H and O–H groups in total. The molecule has 2 spiro atoms. The van der Waals surface area contributed by atoms with Crippen LogP contribution in [0.4, 0.5) is 0 Å². The molecule has 2 fully saturated rings. The van der Waals surface area contributed by atoms with Crippen molar-refractivity contribution in [3.8, 4) is 0 Å². The van der Waals surface area contributed by atoms with Crippen molar-refractivity contribution in [1.29, 1.82) is 0 Å². The molecule has 51 heavy (non-hydrogen) atoms. The van der Waals surface area contributed by atoms with Crippen molar-refractivity contribution in [3.63, 3.8) is 0 Å². The van der Waals surface area contributed by atoms with Crippen LogP contribution >= 0.6 is 0 Å². The van der Waals surface area contributed by atoms with Crippen LogP contribution in [0.5, 0.6) is 0 Å². The van der Waals surface area contributed by atoms with E-state index >= 15 is 0 Å². The van der Waals surface area contributed by atoms with Crippen molar-refractivity contribution in [2.75, 3.05) is 13.2 Å². The third-order valence-electron chi connectivity index (χ3n) is 11.7. The first kappa shape index (κ1) is 41.7. The lowest BCUT2D eigenvalue weighted by atomic mass is 9.80. The second-order valence-electron chi connectivity index (χ2n) is 15.7. The van der Waals surface area contributed by atoms with E-state index in [1.165, 1.54) is 57.8 Å². The summed E-state index contributed by atoms with van der Waals surface area (Å²) in [6.45, 7) is 8.70. The Balaban J connectivity index is 0.00000583. The molecule has 10 heteroatoms. The molecular weight excluding hydrogens is 666 g/mol. The van der Waals surface area contributed by atoms with Crippen LogP contribution in [0.2, 0.25) is 0 Å². The van der Waals surface area contributed by atoms with Crippen molar-refractivity contribution in [1.82, 2.24) is 10.6 Å². The molecule has 0 bridgehead atoms. The molecule has 2 saturated heterocycles. The molecule has 7 atom stereocenters. The quantitative estimate of drug-likeness (QED) is 0.0785. The van der Waals surface area contributed by atoms with Crippen molar-refractivity contribution < 1.29 is 45.5 Å². The van der Waals surface area contributed by atoms with Gasteiger partial charge in [0, 0.05) is 25.7 Å². The fraction of sp³-hybridized carbons (Fsp3) is 0.829. The molecular formula is C41H68ClN3O6. The van der Waals surface area contributed by atoms with Gasteiger partial charge in [-0.05, 0) is 58.3 Å². The van der Waals surface area contributed by atoms with E-state index in [9.17, 15) is 9.59 Å². The normalized spacial score (nSPS) is 30.9. The van der Waals surface area contributed by atoms with Crippen molar-refractivity contribution in [3.05, 3.63) is 24.8 Å². The summed E-state index contributed by atoms with van der Waals surface area (Å²) in [6, 6.07) is 0.410. The molecule has 0 saturated carbocycles. The highest BCUT2D eigenvalue weighted by Gasteiger charge is 2.64. The molecule has 0 unspecified atom stereocenters. The fourth-order valence-electron chi connectivity index (χ4n) is 9.20. The SMILES string of the molecule is C=CCOC(=O)CCCCCCCCCCCCCCCOC(=O)[C@@H]1[C@H]2CC[C@H]3C[C@@]4(CCC=C[C@H](CC)O4)NC(=[N+]32)N[C@@]12CCC[C@@H](C)O2.[Cl-]. The van der Waals surface area contributed by atoms with Gasteiger partial charge < -0.3 is 31.4 Å². The van der Waals surface area contributed by atoms with Gasteiger partial charge in [0.1, 0.15) is 6.61 Å². The van der Waals surface area contributed by atoms with Gasteiger partial charge >= 0.3 is 17.9 Å². The molecule has 5 aliphatic rings. The van der Waals surface area contributed by atoms with Gasteiger partial charge in [-0.15, -0.1) is 0 Å². The summed E-state index contributed by atoms with van der Waals surface area (Å²) in [7, 11) is 0. The van der Waals surface area contributed by atoms with E-state index in [4.69, 9.17) is 18.9 Å². The summed E-state index contributed by atoms with van der Waals surface area (Å²) in [5.41, 5.74) is -1.15. The Kier molecular flexibility index (Phi) is 17.1. The van der Waals surface area contributed by atoms with Crippen LogP contribution in [0, 0.1) is 5.92 Å².